The van der Waals surface area contributed by atoms with Gasteiger partial charge < -0.3 is 10.6 Å². The van der Waals surface area contributed by atoms with E-state index in [1.165, 1.54) is 40.4 Å². The van der Waals surface area contributed by atoms with E-state index in [1.807, 2.05) is 85.1 Å². The number of amides is 2. The van der Waals surface area contributed by atoms with Gasteiger partial charge in [-0.25, -0.2) is 4.98 Å². The molecule has 0 aliphatic heterocycles. The summed E-state index contributed by atoms with van der Waals surface area (Å²) in [7, 11) is 0. The van der Waals surface area contributed by atoms with Gasteiger partial charge in [0.1, 0.15) is 0 Å². The van der Waals surface area contributed by atoms with E-state index in [2.05, 4.69) is 70.9 Å². The Kier molecular flexibility index (Phi) is 10.00. The average molecular weight is 693 g/mol. The van der Waals surface area contributed by atoms with Crippen molar-refractivity contribution < 1.29 is 9.59 Å². The fraction of sp³-hybridized carbons (Fsp3) is 0.216. The van der Waals surface area contributed by atoms with Gasteiger partial charge in [0.25, 0.3) is 0 Å². The van der Waals surface area contributed by atoms with Crippen LogP contribution in [0.5, 0.6) is 0 Å². The van der Waals surface area contributed by atoms with E-state index >= 15 is 0 Å². The van der Waals surface area contributed by atoms with Crippen LogP contribution in [0.1, 0.15) is 37.5 Å². The predicted molar refractivity (Wildman–Crippen MR) is 200 cm³/mol. The van der Waals surface area contributed by atoms with E-state index in [9.17, 15) is 9.59 Å². The first kappa shape index (κ1) is 33.5. The molecule has 2 N–H and O–H groups in total. The third-order valence-corrected chi connectivity index (χ3v) is 10.9. The summed E-state index contributed by atoms with van der Waals surface area (Å²) in [4.78, 5) is 30.4. The van der Waals surface area contributed by atoms with Crippen molar-refractivity contribution in [3.8, 4) is 17.1 Å². The van der Waals surface area contributed by atoms with Crippen LogP contribution in [0.3, 0.4) is 0 Å². The molecule has 0 aliphatic carbocycles. The average Bonchev–Trinajstić information content (AvgIpc) is 3.69. The van der Waals surface area contributed by atoms with E-state index < -0.39 is 0 Å². The molecule has 0 aliphatic rings. The summed E-state index contributed by atoms with van der Waals surface area (Å²) in [5.74, 6) is 0.903. The SMILES string of the molecule is Cc1cccc(NC(=O)CSc2nc3ccc(NC(=O)CSc4nnc(-c5ccc(C(C)(C)C)cc5)n4-c4ccccc4)cc3s2)c1C. The van der Waals surface area contributed by atoms with Crippen LogP contribution in [0.2, 0.25) is 0 Å². The lowest BCUT2D eigenvalue weighted by atomic mass is 9.87. The highest BCUT2D eigenvalue weighted by Crippen LogP contribution is 2.33. The minimum atomic E-state index is -0.153. The summed E-state index contributed by atoms with van der Waals surface area (Å²) in [6.45, 7) is 10.6. The number of aromatic nitrogens is 4. The summed E-state index contributed by atoms with van der Waals surface area (Å²) in [6, 6.07) is 29.9. The highest BCUT2D eigenvalue weighted by molar-refractivity contribution is 8.01. The van der Waals surface area contributed by atoms with Crippen LogP contribution < -0.4 is 10.6 Å². The fourth-order valence-corrected chi connectivity index (χ4v) is 7.71. The zero-order valence-electron chi connectivity index (χ0n) is 27.4. The van der Waals surface area contributed by atoms with Gasteiger partial charge in [-0.2, -0.15) is 0 Å². The Bertz CT molecular complexity index is 2080. The van der Waals surface area contributed by atoms with E-state index in [-0.39, 0.29) is 28.7 Å². The van der Waals surface area contributed by atoms with Gasteiger partial charge in [-0.1, -0.05) is 98.9 Å². The number of aryl methyl sites for hydroxylation is 1. The fourth-order valence-electron chi connectivity index (χ4n) is 5.05. The predicted octanol–water partition coefficient (Wildman–Crippen LogP) is 8.92. The Hall–Kier alpha value is -4.45. The van der Waals surface area contributed by atoms with Crippen LogP contribution in [0.25, 0.3) is 27.3 Å². The molecule has 0 saturated carbocycles. The molecule has 0 fully saturated rings. The molecule has 48 heavy (non-hydrogen) atoms. The molecule has 0 atom stereocenters. The van der Waals surface area contributed by atoms with Crippen molar-refractivity contribution in [2.75, 3.05) is 22.1 Å². The molecule has 6 rings (SSSR count). The number of fused-ring (bicyclic) bond motifs is 1. The number of rotatable bonds is 10. The maximum absolute atomic E-state index is 13.1. The summed E-state index contributed by atoms with van der Waals surface area (Å²) in [5.41, 5.74) is 7.70. The van der Waals surface area contributed by atoms with Gasteiger partial charge in [0.2, 0.25) is 11.8 Å². The minimum absolute atomic E-state index is 0.0469. The van der Waals surface area contributed by atoms with E-state index in [0.717, 1.165) is 48.4 Å². The lowest BCUT2D eigenvalue weighted by Gasteiger charge is -2.19. The highest BCUT2D eigenvalue weighted by Gasteiger charge is 2.19. The second-order valence-electron chi connectivity index (χ2n) is 12.4. The van der Waals surface area contributed by atoms with Crippen LogP contribution in [0.15, 0.2) is 100 Å². The maximum Gasteiger partial charge on any atom is 0.234 e. The molecule has 4 aromatic carbocycles. The van der Waals surface area contributed by atoms with Crippen LogP contribution in [-0.4, -0.2) is 43.1 Å². The largest absolute Gasteiger partial charge is 0.325 e. The first-order chi connectivity index (χ1) is 23.0. The molecule has 0 bridgehead atoms. The summed E-state index contributed by atoms with van der Waals surface area (Å²) in [6.07, 6.45) is 0. The Morgan fingerprint density at radius 1 is 0.812 bits per heavy atom. The Morgan fingerprint density at radius 2 is 1.54 bits per heavy atom. The summed E-state index contributed by atoms with van der Waals surface area (Å²) < 4.78 is 3.72. The molecular weight excluding hydrogens is 657 g/mol. The molecule has 6 aromatic rings. The topological polar surface area (TPSA) is 102 Å². The molecule has 2 aromatic heterocycles. The number of anilines is 2. The molecule has 0 saturated heterocycles. The lowest BCUT2D eigenvalue weighted by Crippen LogP contribution is -2.15. The number of hydrogen-bond acceptors (Lipinski definition) is 8. The number of nitrogens with zero attached hydrogens (tertiary/aromatic N) is 4. The normalized spacial score (nSPS) is 11.5. The first-order valence-electron chi connectivity index (χ1n) is 15.5. The lowest BCUT2D eigenvalue weighted by molar-refractivity contribution is -0.114. The van der Waals surface area contributed by atoms with Crippen LogP contribution in [-0.2, 0) is 15.0 Å². The van der Waals surface area contributed by atoms with Gasteiger partial charge in [-0.3, -0.25) is 14.2 Å². The number of carbonyl (C=O) groups is 2. The summed E-state index contributed by atoms with van der Waals surface area (Å²) in [5, 5.41) is 15.7. The molecule has 0 radical (unpaired) electrons. The molecule has 244 valence electrons. The summed E-state index contributed by atoms with van der Waals surface area (Å²) >= 11 is 4.24. The Labute approximate surface area is 292 Å². The third-order valence-electron chi connectivity index (χ3n) is 7.85. The number of para-hydroxylation sites is 1. The van der Waals surface area contributed by atoms with Crippen molar-refractivity contribution in [1.82, 2.24) is 19.7 Å². The van der Waals surface area contributed by atoms with Crippen molar-refractivity contribution in [3.05, 3.63) is 108 Å². The highest BCUT2D eigenvalue weighted by atomic mass is 32.2. The zero-order chi connectivity index (χ0) is 33.8. The van der Waals surface area contributed by atoms with Crippen molar-refractivity contribution in [2.24, 2.45) is 0 Å². The number of thiazole rings is 1. The van der Waals surface area contributed by atoms with Gasteiger partial charge in [-0.15, -0.1) is 21.5 Å². The Balaban J connectivity index is 1.10. The first-order valence-corrected chi connectivity index (χ1v) is 18.3. The second-order valence-corrected chi connectivity index (χ2v) is 15.6. The third kappa shape index (κ3) is 7.81. The van der Waals surface area contributed by atoms with Gasteiger partial charge >= 0.3 is 0 Å². The molecule has 11 heteroatoms. The van der Waals surface area contributed by atoms with Crippen LogP contribution >= 0.6 is 34.9 Å². The van der Waals surface area contributed by atoms with Crippen molar-refractivity contribution >= 4 is 68.3 Å². The van der Waals surface area contributed by atoms with Gasteiger partial charge in [0.05, 0.1) is 21.7 Å². The van der Waals surface area contributed by atoms with E-state index in [0.29, 0.717) is 10.8 Å². The van der Waals surface area contributed by atoms with E-state index in [4.69, 9.17) is 0 Å². The molecule has 0 unspecified atom stereocenters. The van der Waals surface area contributed by atoms with Crippen molar-refractivity contribution in [2.45, 2.75) is 49.5 Å². The van der Waals surface area contributed by atoms with Gasteiger partial charge in [-0.05, 0) is 72.4 Å². The maximum atomic E-state index is 13.1. The number of carbonyl (C=O) groups excluding carboxylic acids is 2. The van der Waals surface area contributed by atoms with Crippen molar-refractivity contribution in [3.63, 3.8) is 0 Å². The number of benzene rings is 4. The van der Waals surface area contributed by atoms with Crippen molar-refractivity contribution in [1.29, 1.82) is 0 Å². The standard InChI is InChI=1S/C37H36N6O2S3/c1-23-10-9-13-29(24(23)2)39-33(45)22-47-36-40-30-19-18-27(20-31(30)48-36)38-32(44)21-46-35-42-41-34(43(35)28-11-7-6-8-12-28)25-14-16-26(17-15-25)37(3,4)5/h6-20H,21-22H2,1-5H3,(H,38,44)(H,39,45). The quantitative estimate of drug-likeness (QED) is 0.138. The monoisotopic (exact) mass is 692 g/mol. The molecule has 0 spiro atoms. The Morgan fingerprint density at radius 3 is 2.29 bits per heavy atom. The minimum Gasteiger partial charge on any atom is -0.325 e. The zero-order valence-corrected chi connectivity index (χ0v) is 29.9. The van der Waals surface area contributed by atoms with Crippen LogP contribution in [0, 0.1) is 13.8 Å². The molecular formula is C37H36N6O2S3. The molecule has 8 nitrogen and oxygen atoms in total. The van der Waals surface area contributed by atoms with Gasteiger partial charge in [0.15, 0.2) is 15.3 Å². The smallest absolute Gasteiger partial charge is 0.234 e. The van der Waals surface area contributed by atoms with Gasteiger partial charge in [0, 0.05) is 22.6 Å². The number of thioether (sulfide) groups is 2. The molecule has 2 amide bonds. The van der Waals surface area contributed by atoms with Crippen LogP contribution in [0.4, 0.5) is 11.4 Å². The second kappa shape index (κ2) is 14.3. The molecule has 2 heterocycles. The van der Waals surface area contributed by atoms with E-state index in [1.54, 1.807) is 0 Å². The number of nitrogens with one attached hydrogen (secondary N) is 2. The number of hydrogen-bond donors (Lipinski definition) is 2.